The van der Waals surface area contributed by atoms with Crippen molar-refractivity contribution >= 4 is 5.69 Å². The van der Waals surface area contributed by atoms with Gasteiger partial charge in [-0.1, -0.05) is 24.3 Å². The van der Waals surface area contributed by atoms with Gasteiger partial charge in [-0.25, -0.2) is 4.39 Å². The van der Waals surface area contributed by atoms with Gasteiger partial charge in [0, 0.05) is 24.8 Å². The van der Waals surface area contributed by atoms with Crippen molar-refractivity contribution in [1.29, 1.82) is 0 Å². The highest BCUT2D eigenvalue weighted by atomic mass is 19.1. The van der Waals surface area contributed by atoms with Crippen LogP contribution in [-0.2, 0) is 6.54 Å². The number of rotatable bonds is 5. The number of hydrogen-bond acceptors (Lipinski definition) is 3. The zero-order valence-corrected chi connectivity index (χ0v) is 13.4. The van der Waals surface area contributed by atoms with Gasteiger partial charge >= 0.3 is 0 Å². The molecule has 1 heterocycles. The maximum atomic E-state index is 13.9. The van der Waals surface area contributed by atoms with E-state index in [0.717, 1.165) is 24.9 Å². The second-order valence-corrected chi connectivity index (χ2v) is 5.79. The molecular formula is C19H23FN2O. The average Bonchev–Trinajstić information content (AvgIpc) is 2.78. The van der Waals surface area contributed by atoms with Gasteiger partial charge in [0.2, 0.25) is 0 Å². The van der Waals surface area contributed by atoms with Gasteiger partial charge < -0.3 is 15.4 Å². The summed E-state index contributed by atoms with van der Waals surface area (Å²) in [5, 5.41) is 7.03. The monoisotopic (exact) mass is 314 g/mol. The van der Waals surface area contributed by atoms with Gasteiger partial charge in [-0.05, 0) is 49.1 Å². The van der Waals surface area contributed by atoms with Gasteiger partial charge in [-0.2, -0.15) is 0 Å². The molecule has 2 aromatic carbocycles. The number of fused-ring (bicyclic) bond motifs is 1. The van der Waals surface area contributed by atoms with Crippen LogP contribution in [0.3, 0.4) is 0 Å². The molecule has 3 nitrogen and oxygen atoms in total. The third-order valence-corrected chi connectivity index (χ3v) is 4.17. The van der Waals surface area contributed by atoms with Crippen LogP contribution in [0.4, 0.5) is 10.1 Å². The quantitative estimate of drug-likeness (QED) is 0.865. The molecule has 0 aliphatic carbocycles. The fraction of sp³-hybridized carbons (Fsp3) is 0.368. The first kappa shape index (κ1) is 15.8. The molecular weight excluding hydrogens is 291 g/mol. The molecule has 0 saturated carbocycles. The van der Waals surface area contributed by atoms with Gasteiger partial charge in [-0.15, -0.1) is 0 Å². The van der Waals surface area contributed by atoms with Crippen molar-refractivity contribution in [1.82, 2.24) is 5.32 Å². The minimum absolute atomic E-state index is 0.288. The number of hydrogen-bond donors (Lipinski definition) is 2. The van der Waals surface area contributed by atoms with E-state index in [1.165, 1.54) is 11.3 Å². The fourth-order valence-corrected chi connectivity index (χ4v) is 3.03. The van der Waals surface area contributed by atoms with Crippen LogP contribution in [0, 0.1) is 5.82 Å². The molecule has 122 valence electrons. The van der Waals surface area contributed by atoms with Crippen molar-refractivity contribution in [2.45, 2.75) is 32.4 Å². The molecule has 2 N–H and O–H groups in total. The summed E-state index contributed by atoms with van der Waals surface area (Å²) in [5.41, 5.74) is 3.41. The number of ether oxygens (including phenoxy) is 1. The predicted molar refractivity (Wildman–Crippen MR) is 91.3 cm³/mol. The second kappa shape index (κ2) is 7.47. The van der Waals surface area contributed by atoms with E-state index in [9.17, 15) is 4.39 Å². The molecule has 3 rings (SSSR count). The van der Waals surface area contributed by atoms with E-state index in [1.54, 1.807) is 12.1 Å². The van der Waals surface area contributed by atoms with Crippen LogP contribution in [0.15, 0.2) is 42.5 Å². The van der Waals surface area contributed by atoms with Crippen molar-refractivity contribution in [2.75, 3.05) is 18.5 Å². The van der Waals surface area contributed by atoms with E-state index in [2.05, 4.69) is 34.9 Å². The minimum atomic E-state index is -0.297. The third-order valence-electron chi connectivity index (χ3n) is 4.17. The van der Waals surface area contributed by atoms with Crippen LogP contribution in [-0.4, -0.2) is 13.2 Å². The SMILES string of the molecule is CCOc1ccc(CN[C@H]2CCCNc3ccccc32)cc1F. The standard InChI is InChI=1S/C19H23FN2O/c1-2-23-19-10-9-14(12-16(19)20)13-22-18-8-5-11-21-17-7-4-3-6-15(17)18/h3-4,6-7,9-10,12,18,21-22H,2,5,8,11,13H2,1H3/t18-/m0/s1. The second-order valence-electron chi connectivity index (χ2n) is 5.79. The lowest BCUT2D eigenvalue weighted by molar-refractivity contribution is 0.321. The first-order valence-electron chi connectivity index (χ1n) is 8.25. The molecule has 0 amide bonds. The van der Waals surface area contributed by atoms with E-state index in [1.807, 2.05) is 13.0 Å². The summed E-state index contributed by atoms with van der Waals surface area (Å²) in [4.78, 5) is 0. The van der Waals surface area contributed by atoms with E-state index in [4.69, 9.17) is 4.74 Å². The Kier molecular flexibility index (Phi) is 5.13. The summed E-state index contributed by atoms with van der Waals surface area (Å²) >= 11 is 0. The molecule has 1 atom stereocenters. The number of para-hydroxylation sites is 1. The normalized spacial score (nSPS) is 17.0. The molecule has 0 bridgehead atoms. The van der Waals surface area contributed by atoms with E-state index >= 15 is 0 Å². The number of nitrogens with one attached hydrogen (secondary N) is 2. The van der Waals surface area contributed by atoms with Crippen LogP contribution in [0.2, 0.25) is 0 Å². The fourth-order valence-electron chi connectivity index (χ4n) is 3.03. The summed E-state index contributed by atoms with van der Waals surface area (Å²) in [5.74, 6) is 0.0225. The topological polar surface area (TPSA) is 33.3 Å². The number of halogens is 1. The Morgan fingerprint density at radius 2 is 2.13 bits per heavy atom. The van der Waals surface area contributed by atoms with Gasteiger partial charge in [0.25, 0.3) is 0 Å². The van der Waals surface area contributed by atoms with Crippen molar-refractivity contribution in [3.63, 3.8) is 0 Å². The van der Waals surface area contributed by atoms with Crippen molar-refractivity contribution in [2.24, 2.45) is 0 Å². The molecule has 0 spiro atoms. The predicted octanol–water partition coefficient (Wildman–Crippen LogP) is 4.26. The maximum absolute atomic E-state index is 13.9. The van der Waals surface area contributed by atoms with Crippen LogP contribution in [0.25, 0.3) is 0 Å². The first-order chi connectivity index (χ1) is 11.3. The van der Waals surface area contributed by atoms with Gasteiger partial charge in [0.15, 0.2) is 11.6 Å². The van der Waals surface area contributed by atoms with Crippen LogP contribution in [0.5, 0.6) is 5.75 Å². The van der Waals surface area contributed by atoms with E-state index in [-0.39, 0.29) is 11.9 Å². The van der Waals surface area contributed by atoms with Crippen molar-refractivity contribution < 1.29 is 9.13 Å². The first-order valence-corrected chi connectivity index (χ1v) is 8.25. The Morgan fingerprint density at radius 1 is 1.26 bits per heavy atom. The molecule has 0 unspecified atom stereocenters. The highest BCUT2D eigenvalue weighted by Gasteiger charge is 2.17. The molecule has 1 aliphatic rings. The largest absolute Gasteiger partial charge is 0.491 e. The third kappa shape index (κ3) is 3.82. The summed E-state index contributed by atoms with van der Waals surface area (Å²) in [6.45, 7) is 3.96. The van der Waals surface area contributed by atoms with Gasteiger partial charge in [0.1, 0.15) is 0 Å². The maximum Gasteiger partial charge on any atom is 0.165 e. The van der Waals surface area contributed by atoms with Gasteiger partial charge in [0.05, 0.1) is 6.61 Å². The molecule has 23 heavy (non-hydrogen) atoms. The molecule has 4 heteroatoms. The Morgan fingerprint density at radius 3 is 2.96 bits per heavy atom. The molecule has 0 aromatic heterocycles. The summed E-state index contributed by atoms with van der Waals surface area (Å²) < 4.78 is 19.2. The molecule has 0 fully saturated rings. The lowest BCUT2D eigenvalue weighted by Gasteiger charge is -2.19. The molecule has 0 radical (unpaired) electrons. The smallest absolute Gasteiger partial charge is 0.165 e. The lowest BCUT2D eigenvalue weighted by atomic mass is 10.0. The van der Waals surface area contributed by atoms with E-state index in [0.29, 0.717) is 18.9 Å². The Labute approximate surface area is 136 Å². The number of benzene rings is 2. The Hall–Kier alpha value is -2.07. The highest BCUT2D eigenvalue weighted by Crippen LogP contribution is 2.29. The molecule has 0 saturated heterocycles. The van der Waals surface area contributed by atoms with Crippen LogP contribution in [0.1, 0.15) is 36.9 Å². The molecule has 1 aliphatic heterocycles. The van der Waals surface area contributed by atoms with Crippen LogP contribution < -0.4 is 15.4 Å². The minimum Gasteiger partial charge on any atom is -0.491 e. The van der Waals surface area contributed by atoms with Gasteiger partial charge in [-0.3, -0.25) is 0 Å². The highest BCUT2D eigenvalue weighted by molar-refractivity contribution is 5.53. The number of anilines is 1. The molecule has 2 aromatic rings. The van der Waals surface area contributed by atoms with E-state index < -0.39 is 0 Å². The Bertz CT molecular complexity index is 660. The van der Waals surface area contributed by atoms with Crippen molar-refractivity contribution in [3.05, 3.63) is 59.4 Å². The summed E-state index contributed by atoms with van der Waals surface area (Å²) in [6.07, 6.45) is 2.19. The lowest BCUT2D eigenvalue weighted by Crippen LogP contribution is -2.20. The average molecular weight is 314 g/mol. The summed E-state index contributed by atoms with van der Waals surface area (Å²) in [7, 11) is 0. The zero-order chi connectivity index (χ0) is 16.1. The van der Waals surface area contributed by atoms with Crippen LogP contribution >= 0.6 is 0 Å². The van der Waals surface area contributed by atoms with Crippen molar-refractivity contribution in [3.8, 4) is 5.75 Å². The Balaban J connectivity index is 1.69. The summed E-state index contributed by atoms with van der Waals surface area (Å²) in [6, 6.07) is 13.9. The zero-order valence-electron chi connectivity index (χ0n) is 13.4.